The molecule has 126 valence electrons. The number of rotatable bonds is 4. The fourth-order valence-corrected chi connectivity index (χ4v) is 2.92. The minimum Gasteiger partial charge on any atom is -0.305 e. The normalized spacial score (nSPS) is 13.7. The quantitative estimate of drug-likeness (QED) is 0.762. The second-order valence-corrected chi connectivity index (χ2v) is 6.32. The van der Waals surface area contributed by atoms with Crippen LogP contribution in [0.3, 0.4) is 0 Å². The molecule has 1 aromatic carbocycles. The summed E-state index contributed by atoms with van der Waals surface area (Å²) in [7, 11) is 0. The van der Waals surface area contributed by atoms with Crippen LogP contribution in [0.4, 0.5) is 10.2 Å². The lowest BCUT2D eigenvalue weighted by Gasteiger charge is -2.08. The number of carbonyl (C=O) groups excluding carboxylic acids is 1. The molecule has 0 saturated heterocycles. The van der Waals surface area contributed by atoms with Crippen molar-refractivity contribution < 1.29 is 9.18 Å². The number of carbonyl (C=O) groups is 1. The van der Waals surface area contributed by atoms with Crippen LogP contribution in [0.5, 0.6) is 0 Å². The van der Waals surface area contributed by atoms with Gasteiger partial charge in [-0.1, -0.05) is 11.6 Å². The Kier molecular flexibility index (Phi) is 3.97. The summed E-state index contributed by atoms with van der Waals surface area (Å²) in [4.78, 5) is 16.7. The number of anilines is 1. The van der Waals surface area contributed by atoms with Crippen LogP contribution < -0.4 is 5.32 Å². The first-order valence-corrected chi connectivity index (χ1v) is 8.27. The molecule has 5 nitrogen and oxygen atoms in total. The van der Waals surface area contributed by atoms with Crippen molar-refractivity contribution in [3.63, 3.8) is 0 Å². The van der Waals surface area contributed by atoms with E-state index in [0.717, 1.165) is 18.4 Å². The molecule has 0 radical (unpaired) electrons. The highest BCUT2D eigenvalue weighted by Gasteiger charge is 2.28. The van der Waals surface area contributed by atoms with Crippen molar-refractivity contribution in [3.05, 3.63) is 70.8 Å². The third-order valence-electron chi connectivity index (χ3n) is 4.06. The second kappa shape index (κ2) is 6.29. The lowest BCUT2D eigenvalue weighted by atomic mass is 10.0. The summed E-state index contributed by atoms with van der Waals surface area (Å²) >= 11 is 6.10. The first-order chi connectivity index (χ1) is 12.1. The fraction of sp³-hybridized carbons (Fsp3) is 0.167. The van der Waals surface area contributed by atoms with Crippen molar-refractivity contribution in [1.29, 1.82) is 0 Å². The second-order valence-electron chi connectivity index (χ2n) is 5.91. The zero-order valence-electron chi connectivity index (χ0n) is 13.1. The maximum Gasteiger partial charge on any atom is 0.257 e. The highest BCUT2D eigenvalue weighted by molar-refractivity contribution is 6.32. The molecule has 0 bridgehead atoms. The number of aromatic nitrogens is 3. The Morgan fingerprint density at radius 3 is 2.88 bits per heavy atom. The first-order valence-electron chi connectivity index (χ1n) is 7.89. The topological polar surface area (TPSA) is 59.8 Å². The molecule has 1 N–H and O–H groups in total. The van der Waals surface area contributed by atoms with E-state index in [1.54, 1.807) is 30.6 Å². The molecule has 1 aliphatic rings. The van der Waals surface area contributed by atoms with Crippen molar-refractivity contribution in [3.8, 4) is 5.82 Å². The Bertz CT molecular complexity index is 952. The predicted octanol–water partition coefficient (Wildman–Crippen LogP) is 4.19. The highest BCUT2D eigenvalue weighted by atomic mass is 35.5. The van der Waals surface area contributed by atoms with Crippen LogP contribution in [0.1, 0.15) is 34.7 Å². The summed E-state index contributed by atoms with van der Waals surface area (Å²) in [5, 5.41) is 7.48. The summed E-state index contributed by atoms with van der Waals surface area (Å²) in [5.41, 5.74) is 1.24. The van der Waals surface area contributed by atoms with Gasteiger partial charge in [-0.2, -0.15) is 0 Å². The molecule has 1 aliphatic carbocycles. The fourth-order valence-electron chi connectivity index (χ4n) is 2.71. The molecule has 1 saturated carbocycles. The average Bonchev–Trinajstić information content (AvgIpc) is 3.35. The van der Waals surface area contributed by atoms with Crippen LogP contribution in [-0.2, 0) is 0 Å². The van der Waals surface area contributed by atoms with E-state index in [1.807, 2.05) is 0 Å². The van der Waals surface area contributed by atoms with Crippen molar-refractivity contribution in [2.75, 3.05) is 5.32 Å². The van der Waals surface area contributed by atoms with E-state index in [4.69, 9.17) is 11.6 Å². The minimum atomic E-state index is -0.326. The molecule has 25 heavy (non-hydrogen) atoms. The smallest absolute Gasteiger partial charge is 0.257 e. The molecule has 0 unspecified atom stereocenters. The van der Waals surface area contributed by atoms with Crippen LogP contribution in [0.15, 0.2) is 48.8 Å². The standard InChI is InChI=1S/C18H14ClFN4O/c19-15-2-1-8-21-17(15)24-9-7-16(23-24)22-18(25)13-6-5-12(20)10-14(13)11-3-4-11/h1-2,5-11H,3-4H2,(H,22,23,25). The summed E-state index contributed by atoms with van der Waals surface area (Å²) < 4.78 is 15.0. The number of hydrogen-bond acceptors (Lipinski definition) is 3. The van der Waals surface area contributed by atoms with Gasteiger partial charge in [-0.05, 0) is 54.7 Å². The largest absolute Gasteiger partial charge is 0.305 e. The van der Waals surface area contributed by atoms with E-state index in [0.29, 0.717) is 22.2 Å². The van der Waals surface area contributed by atoms with E-state index in [1.165, 1.54) is 22.9 Å². The molecule has 0 atom stereocenters. The maximum absolute atomic E-state index is 13.5. The Hall–Kier alpha value is -2.73. The molecule has 3 aromatic rings. The van der Waals surface area contributed by atoms with E-state index in [-0.39, 0.29) is 17.6 Å². The van der Waals surface area contributed by atoms with Crippen LogP contribution in [-0.4, -0.2) is 20.7 Å². The monoisotopic (exact) mass is 356 g/mol. The highest BCUT2D eigenvalue weighted by Crippen LogP contribution is 2.42. The van der Waals surface area contributed by atoms with Gasteiger partial charge in [-0.15, -0.1) is 5.10 Å². The number of nitrogens with zero attached hydrogens (tertiary/aromatic N) is 3. The summed E-state index contributed by atoms with van der Waals surface area (Å²) in [6.45, 7) is 0. The van der Waals surface area contributed by atoms with Gasteiger partial charge < -0.3 is 5.32 Å². The number of pyridine rings is 1. The van der Waals surface area contributed by atoms with E-state index >= 15 is 0 Å². The Labute approximate surface area is 148 Å². The van der Waals surface area contributed by atoms with Gasteiger partial charge in [0, 0.05) is 24.0 Å². The van der Waals surface area contributed by atoms with Crippen molar-refractivity contribution in [1.82, 2.24) is 14.8 Å². The van der Waals surface area contributed by atoms with Crippen molar-refractivity contribution in [2.45, 2.75) is 18.8 Å². The summed E-state index contributed by atoms with van der Waals surface area (Å²) in [5.74, 6) is 0.482. The Balaban J connectivity index is 1.57. The van der Waals surface area contributed by atoms with Gasteiger partial charge in [0.05, 0.1) is 5.02 Å². The number of benzene rings is 1. The van der Waals surface area contributed by atoms with Gasteiger partial charge in [0.2, 0.25) is 0 Å². The number of hydrogen-bond donors (Lipinski definition) is 1. The Morgan fingerprint density at radius 2 is 2.12 bits per heavy atom. The zero-order valence-corrected chi connectivity index (χ0v) is 13.9. The molecule has 1 fully saturated rings. The third-order valence-corrected chi connectivity index (χ3v) is 4.36. The zero-order chi connectivity index (χ0) is 17.4. The number of halogens is 2. The molecule has 0 spiro atoms. The molecule has 1 amide bonds. The summed E-state index contributed by atoms with van der Waals surface area (Å²) in [6.07, 6.45) is 5.24. The van der Waals surface area contributed by atoms with Crippen molar-refractivity contribution in [2.24, 2.45) is 0 Å². The van der Waals surface area contributed by atoms with E-state index in [2.05, 4.69) is 15.4 Å². The van der Waals surface area contributed by atoms with E-state index in [9.17, 15) is 9.18 Å². The predicted molar refractivity (Wildman–Crippen MR) is 92.7 cm³/mol. The molecule has 7 heteroatoms. The van der Waals surface area contributed by atoms with Crippen LogP contribution in [0, 0.1) is 5.82 Å². The lowest BCUT2D eigenvalue weighted by Crippen LogP contribution is -2.15. The number of nitrogens with one attached hydrogen (secondary N) is 1. The molecular formula is C18H14ClFN4O. The molecule has 4 rings (SSSR count). The average molecular weight is 357 g/mol. The molecule has 2 heterocycles. The van der Waals surface area contributed by atoms with Crippen LogP contribution in [0.25, 0.3) is 5.82 Å². The van der Waals surface area contributed by atoms with Gasteiger partial charge in [0.15, 0.2) is 11.6 Å². The van der Waals surface area contributed by atoms with Gasteiger partial charge in [0.25, 0.3) is 5.91 Å². The maximum atomic E-state index is 13.5. The van der Waals surface area contributed by atoms with E-state index < -0.39 is 0 Å². The Morgan fingerprint density at radius 1 is 1.28 bits per heavy atom. The van der Waals surface area contributed by atoms with Gasteiger partial charge in [-0.25, -0.2) is 14.1 Å². The van der Waals surface area contributed by atoms with Crippen LogP contribution in [0.2, 0.25) is 5.02 Å². The minimum absolute atomic E-state index is 0.265. The third kappa shape index (κ3) is 3.25. The van der Waals surface area contributed by atoms with Crippen molar-refractivity contribution >= 4 is 23.3 Å². The lowest BCUT2D eigenvalue weighted by molar-refractivity contribution is 0.102. The SMILES string of the molecule is O=C(Nc1ccn(-c2ncccc2Cl)n1)c1ccc(F)cc1C1CC1. The van der Waals surface area contributed by atoms with Crippen LogP contribution >= 0.6 is 11.6 Å². The summed E-state index contributed by atoms with van der Waals surface area (Å²) in [6, 6.07) is 9.36. The van der Waals surface area contributed by atoms with Gasteiger partial charge in [-0.3, -0.25) is 4.79 Å². The molecule has 2 aromatic heterocycles. The molecular weight excluding hydrogens is 343 g/mol. The molecule has 0 aliphatic heterocycles. The van der Waals surface area contributed by atoms with Gasteiger partial charge >= 0.3 is 0 Å². The first kappa shape index (κ1) is 15.8. The van der Waals surface area contributed by atoms with Gasteiger partial charge in [0.1, 0.15) is 5.82 Å². The number of amides is 1.